The van der Waals surface area contributed by atoms with Gasteiger partial charge in [0.15, 0.2) is 0 Å². The molecule has 1 amide bonds. The van der Waals surface area contributed by atoms with Crippen molar-refractivity contribution in [2.24, 2.45) is 0 Å². The van der Waals surface area contributed by atoms with Crippen LogP contribution < -0.4 is 10.1 Å². The second kappa shape index (κ2) is 10.1. The molecule has 9 heteroatoms. The highest BCUT2D eigenvalue weighted by Gasteiger charge is 2.14. The van der Waals surface area contributed by atoms with Crippen LogP contribution in [0.2, 0.25) is 0 Å². The van der Waals surface area contributed by atoms with Gasteiger partial charge in [-0.25, -0.2) is 9.37 Å². The van der Waals surface area contributed by atoms with Crippen molar-refractivity contribution in [2.45, 2.75) is 18.9 Å². The number of thioether (sulfide) groups is 1. The van der Waals surface area contributed by atoms with Gasteiger partial charge in [-0.3, -0.25) is 4.79 Å². The van der Waals surface area contributed by atoms with Crippen molar-refractivity contribution >= 4 is 34.7 Å². The van der Waals surface area contributed by atoms with Gasteiger partial charge in [-0.2, -0.15) is 0 Å². The molecule has 168 valence electrons. The summed E-state index contributed by atoms with van der Waals surface area (Å²) in [5.41, 5.74) is 3.54. The summed E-state index contributed by atoms with van der Waals surface area (Å²) in [4.78, 5) is 17.8. The fraction of sp³-hybridized carbons (Fsp3) is 0.167. The first kappa shape index (κ1) is 22.9. The van der Waals surface area contributed by atoms with E-state index in [1.165, 1.54) is 17.8 Å². The first-order valence-corrected chi connectivity index (χ1v) is 11.9. The molecule has 4 aromatic rings. The molecule has 0 spiro atoms. The van der Waals surface area contributed by atoms with Gasteiger partial charge in [0.2, 0.25) is 5.91 Å². The van der Waals surface area contributed by atoms with Gasteiger partial charge in [0.05, 0.1) is 23.4 Å². The number of thiazole rings is 1. The average molecular weight is 481 g/mol. The summed E-state index contributed by atoms with van der Waals surface area (Å²) in [6.07, 6.45) is 0. The van der Waals surface area contributed by atoms with Crippen molar-refractivity contribution in [1.82, 2.24) is 15.2 Å². The molecule has 2 heterocycles. The minimum absolute atomic E-state index is 0.142. The largest absolute Gasteiger partial charge is 0.497 e. The van der Waals surface area contributed by atoms with Crippen LogP contribution >= 0.6 is 23.1 Å². The normalized spacial score (nSPS) is 10.8. The van der Waals surface area contributed by atoms with Crippen LogP contribution in [0, 0.1) is 19.7 Å². The number of rotatable bonds is 7. The topological polar surface area (TPSA) is 77.0 Å². The number of nitrogens with one attached hydrogen (secondary N) is 1. The van der Waals surface area contributed by atoms with Crippen LogP contribution in [0.5, 0.6) is 5.75 Å². The van der Waals surface area contributed by atoms with Gasteiger partial charge in [-0.15, -0.1) is 21.5 Å². The van der Waals surface area contributed by atoms with Gasteiger partial charge >= 0.3 is 0 Å². The summed E-state index contributed by atoms with van der Waals surface area (Å²) in [6, 6.07) is 16.1. The molecule has 2 aromatic carbocycles. The smallest absolute Gasteiger partial charge is 0.234 e. The molecule has 0 aliphatic rings. The second-order valence-electron chi connectivity index (χ2n) is 7.22. The zero-order valence-corrected chi connectivity index (χ0v) is 19.9. The van der Waals surface area contributed by atoms with Crippen molar-refractivity contribution in [1.29, 1.82) is 0 Å². The molecular weight excluding hydrogens is 459 g/mol. The summed E-state index contributed by atoms with van der Waals surface area (Å²) < 4.78 is 18.9. The van der Waals surface area contributed by atoms with Crippen molar-refractivity contribution in [3.63, 3.8) is 0 Å². The zero-order chi connectivity index (χ0) is 23.4. The molecule has 6 nitrogen and oxygen atoms in total. The molecule has 2 aromatic heterocycles. The summed E-state index contributed by atoms with van der Waals surface area (Å²) >= 11 is 2.81. The maximum atomic E-state index is 13.6. The quantitative estimate of drug-likeness (QED) is 0.339. The minimum Gasteiger partial charge on any atom is -0.497 e. The number of hydrogen-bond donors (Lipinski definition) is 1. The Labute approximate surface area is 199 Å². The molecule has 0 radical (unpaired) electrons. The van der Waals surface area contributed by atoms with Gasteiger partial charge in [0.25, 0.3) is 0 Å². The van der Waals surface area contributed by atoms with Crippen LogP contribution in [0.3, 0.4) is 0 Å². The lowest BCUT2D eigenvalue weighted by molar-refractivity contribution is -0.113. The number of benzene rings is 2. The molecule has 0 fully saturated rings. The highest BCUT2D eigenvalue weighted by molar-refractivity contribution is 7.99. The third-order valence-electron chi connectivity index (χ3n) is 4.79. The van der Waals surface area contributed by atoms with Gasteiger partial charge in [-0.05, 0) is 55.8 Å². The zero-order valence-electron chi connectivity index (χ0n) is 18.3. The van der Waals surface area contributed by atoms with E-state index in [1.807, 2.05) is 43.3 Å². The standard InChI is InChI=1S/C24H21FN4O2S2/c1-14-7-8-17(12-19(14)25)27-21(30)13-32-22-10-9-20(28-29-22)23-15(2)26-24(33-23)16-5-4-6-18(11-16)31-3/h4-12H,13H2,1-3H3,(H,27,30). The molecule has 1 N–H and O–H groups in total. The Balaban J connectivity index is 1.40. The number of nitrogens with zero attached hydrogens (tertiary/aromatic N) is 3. The molecule has 33 heavy (non-hydrogen) atoms. The van der Waals surface area contributed by atoms with E-state index in [2.05, 4.69) is 20.5 Å². The lowest BCUT2D eigenvalue weighted by atomic mass is 10.2. The van der Waals surface area contributed by atoms with Crippen LogP contribution in [0.4, 0.5) is 10.1 Å². The summed E-state index contributed by atoms with van der Waals surface area (Å²) in [5, 5.41) is 12.8. The van der Waals surface area contributed by atoms with E-state index in [1.54, 1.807) is 37.5 Å². The van der Waals surface area contributed by atoms with E-state index in [0.717, 1.165) is 32.6 Å². The SMILES string of the molecule is COc1cccc(-c2nc(C)c(-c3ccc(SCC(=O)Nc4ccc(C)c(F)c4)nn3)s2)c1. The number of methoxy groups -OCH3 is 1. The monoisotopic (exact) mass is 480 g/mol. The number of aryl methyl sites for hydroxylation is 2. The van der Waals surface area contributed by atoms with Crippen molar-refractivity contribution in [2.75, 3.05) is 18.2 Å². The van der Waals surface area contributed by atoms with Crippen molar-refractivity contribution in [3.8, 4) is 26.9 Å². The third-order valence-corrected chi connectivity index (χ3v) is 6.94. The second-order valence-corrected chi connectivity index (χ2v) is 9.22. The Morgan fingerprint density at radius 1 is 1.12 bits per heavy atom. The van der Waals surface area contributed by atoms with Crippen molar-refractivity contribution in [3.05, 3.63) is 71.7 Å². The summed E-state index contributed by atoms with van der Waals surface area (Å²) in [6.45, 7) is 3.62. The Kier molecular flexibility index (Phi) is 7.00. The number of anilines is 1. The van der Waals surface area contributed by atoms with Gasteiger partial charge < -0.3 is 10.1 Å². The average Bonchev–Trinajstić information content (AvgIpc) is 3.22. The van der Waals surface area contributed by atoms with Crippen molar-refractivity contribution < 1.29 is 13.9 Å². The lowest BCUT2D eigenvalue weighted by Gasteiger charge is -2.06. The van der Waals surface area contributed by atoms with E-state index in [9.17, 15) is 9.18 Å². The maximum absolute atomic E-state index is 13.6. The van der Waals surface area contributed by atoms with Crippen LogP contribution in [0.1, 0.15) is 11.3 Å². The third kappa shape index (κ3) is 5.55. The highest BCUT2D eigenvalue weighted by Crippen LogP contribution is 2.35. The fourth-order valence-corrected chi connectivity index (χ4v) is 4.68. The molecule has 0 atom stereocenters. The van der Waals surface area contributed by atoms with E-state index in [0.29, 0.717) is 16.3 Å². The number of ether oxygens (including phenoxy) is 1. The molecule has 0 saturated carbocycles. The molecule has 0 aliphatic carbocycles. The molecule has 0 aliphatic heterocycles. The Hall–Kier alpha value is -3.30. The lowest BCUT2D eigenvalue weighted by Crippen LogP contribution is -2.14. The molecule has 4 rings (SSSR count). The van der Waals surface area contributed by atoms with Crippen LogP contribution in [0.25, 0.3) is 21.1 Å². The first-order chi connectivity index (χ1) is 15.9. The number of carbonyl (C=O) groups is 1. The van der Waals surface area contributed by atoms with Gasteiger partial charge in [0, 0.05) is 11.3 Å². The Bertz CT molecular complexity index is 1290. The number of carbonyl (C=O) groups excluding carboxylic acids is 1. The van der Waals surface area contributed by atoms with E-state index in [-0.39, 0.29) is 17.5 Å². The predicted molar refractivity (Wildman–Crippen MR) is 130 cm³/mol. The number of hydrogen-bond acceptors (Lipinski definition) is 7. The molecule has 0 bridgehead atoms. The molecular formula is C24H21FN4O2S2. The molecule has 0 saturated heterocycles. The van der Waals surface area contributed by atoms with Crippen LogP contribution in [-0.2, 0) is 4.79 Å². The predicted octanol–water partition coefficient (Wildman–Crippen LogP) is 5.76. The summed E-state index contributed by atoms with van der Waals surface area (Å²) in [7, 11) is 1.64. The fourth-order valence-electron chi connectivity index (χ4n) is 3.04. The first-order valence-electron chi connectivity index (χ1n) is 10.1. The Morgan fingerprint density at radius 3 is 2.70 bits per heavy atom. The van der Waals surface area contributed by atoms with E-state index in [4.69, 9.17) is 4.74 Å². The van der Waals surface area contributed by atoms with E-state index >= 15 is 0 Å². The Morgan fingerprint density at radius 2 is 1.97 bits per heavy atom. The number of amides is 1. The van der Waals surface area contributed by atoms with E-state index < -0.39 is 0 Å². The maximum Gasteiger partial charge on any atom is 0.234 e. The highest BCUT2D eigenvalue weighted by atomic mass is 32.2. The van der Waals surface area contributed by atoms with Crippen LogP contribution in [0.15, 0.2) is 59.6 Å². The van der Waals surface area contributed by atoms with Gasteiger partial charge in [-0.1, -0.05) is 30.0 Å². The number of aromatic nitrogens is 3. The number of halogens is 1. The summed E-state index contributed by atoms with van der Waals surface area (Å²) in [5.74, 6) is 0.327. The molecule has 0 unspecified atom stereocenters. The van der Waals surface area contributed by atoms with Crippen LogP contribution in [-0.4, -0.2) is 34.0 Å². The van der Waals surface area contributed by atoms with Gasteiger partial charge in [0.1, 0.15) is 27.3 Å². The minimum atomic E-state index is -0.352.